The highest BCUT2D eigenvalue weighted by molar-refractivity contribution is 4.95. The van der Waals surface area contributed by atoms with Crippen molar-refractivity contribution < 1.29 is 18.9 Å². The van der Waals surface area contributed by atoms with Crippen molar-refractivity contribution in [3.8, 4) is 0 Å². The summed E-state index contributed by atoms with van der Waals surface area (Å²) in [4.78, 5) is 0. The zero-order valence-corrected chi connectivity index (χ0v) is 10.6. The third kappa shape index (κ3) is 2.25. The maximum absolute atomic E-state index is 5.96. The molecular formula is C12H22O4. The maximum atomic E-state index is 5.96. The second-order valence-electron chi connectivity index (χ2n) is 5.11. The Morgan fingerprint density at radius 1 is 1.25 bits per heavy atom. The largest absolute Gasteiger partial charge is 0.382 e. The van der Waals surface area contributed by atoms with Gasteiger partial charge < -0.3 is 18.9 Å². The topological polar surface area (TPSA) is 36.9 Å². The van der Waals surface area contributed by atoms with Crippen LogP contribution in [0.3, 0.4) is 0 Å². The third-order valence-electron chi connectivity index (χ3n) is 3.54. The van der Waals surface area contributed by atoms with Crippen molar-refractivity contribution >= 4 is 0 Å². The zero-order valence-electron chi connectivity index (χ0n) is 10.6. The molecule has 0 radical (unpaired) electrons. The van der Waals surface area contributed by atoms with Crippen LogP contribution < -0.4 is 0 Å². The Labute approximate surface area is 97.2 Å². The van der Waals surface area contributed by atoms with Crippen molar-refractivity contribution in [3.63, 3.8) is 0 Å². The number of ether oxygens (including phenoxy) is 4. The molecule has 1 saturated heterocycles. The quantitative estimate of drug-likeness (QED) is 0.734. The van der Waals surface area contributed by atoms with Gasteiger partial charge in [0, 0.05) is 20.1 Å². The molecular weight excluding hydrogens is 208 g/mol. The standard InChI is InChI=1S/C12H22O4/c1-12(2)15-9-6-5-8(11(9)16-12)10(14-4)7-13-3/h8-11H,5-7H2,1-4H3/t8-,9?,10?,11?/m0/s1. The lowest BCUT2D eigenvalue weighted by atomic mass is 9.98. The first-order chi connectivity index (χ1) is 7.57. The Hall–Kier alpha value is -0.160. The average molecular weight is 230 g/mol. The smallest absolute Gasteiger partial charge is 0.163 e. The first-order valence-corrected chi connectivity index (χ1v) is 5.95. The molecule has 1 aliphatic carbocycles. The van der Waals surface area contributed by atoms with Crippen LogP contribution in [0.5, 0.6) is 0 Å². The monoisotopic (exact) mass is 230 g/mol. The van der Waals surface area contributed by atoms with E-state index in [1.54, 1.807) is 14.2 Å². The van der Waals surface area contributed by atoms with Gasteiger partial charge in [0.25, 0.3) is 0 Å². The molecule has 4 atom stereocenters. The van der Waals surface area contributed by atoms with Crippen molar-refractivity contribution in [3.05, 3.63) is 0 Å². The lowest BCUT2D eigenvalue weighted by Crippen LogP contribution is -2.36. The lowest BCUT2D eigenvalue weighted by Gasteiger charge is -2.27. The predicted octanol–water partition coefficient (Wildman–Crippen LogP) is 1.58. The van der Waals surface area contributed by atoms with E-state index >= 15 is 0 Å². The molecule has 0 N–H and O–H groups in total. The van der Waals surface area contributed by atoms with Gasteiger partial charge in [0.2, 0.25) is 0 Å². The van der Waals surface area contributed by atoms with Crippen molar-refractivity contribution in [2.24, 2.45) is 5.92 Å². The summed E-state index contributed by atoms with van der Waals surface area (Å²) < 4.78 is 22.5. The molecule has 4 heteroatoms. The van der Waals surface area contributed by atoms with E-state index < -0.39 is 5.79 Å². The summed E-state index contributed by atoms with van der Waals surface area (Å²) in [5, 5.41) is 0. The van der Waals surface area contributed by atoms with Crippen molar-refractivity contribution in [1.29, 1.82) is 0 Å². The molecule has 94 valence electrons. The second kappa shape index (κ2) is 4.61. The van der Waals surface area contributed by atoms with E-state index in [2.05, 4.69) is 0 Å². The highest BCUT2D eigenvalue weighted by Crippen LogP contribution is 2.43. The zero-order chi connectivity index (χ0) is 11.8. The van der Waals surface area contributed by atoms with E-state index in [0.717, 1.165) is 12.8 Å². The van der Waals surface area contributed by atoms with E-state index in [-0.39, 0.29) is 18.3 Å². The minimum atomic E-state index is -0.445. The van der Waals surface area contributed by atoms with E-state index in [1.165, 1.54) is 0 Å². The van der Waals surface area contributed by atoms with Crippen LogP contribution in [0.15, 0.2) is 0 Å². The van der Waals surface area contributed by atoms with Gasteiger partial charge >= 0.3 is 0 Å². The highest BCUT2D eigenvalue weighted by atomic mass is 16.8. The van der Waals surface area contributed by atoms with Gasteiger partial charge in [-0.15, -0.1) is 0 Å². The summed E-state index contributed by atoms with van der Waals surface area (Å²) in [5.41, 5.74) is 0. The van der Waals surface area contributed by atoms with Crippen LogP contribution in [0.2, 0.25) is 0 Å². The molecule has 4 nitrogen and oxygen atoms in total. The molecule has 2 rings (SSSR count). The van der Waals surface area contributed by atoms with Crippen LogP contribution >= 0.6 is 0 Å². The Balaban J connectivity index is 2.02. The SMILES string of the molecule is COCC(OC)[C@@H]1CCC2OC(C)(C)OC21. The first kappa shape index (κ1) is 12.3. The van der Waals surface area contributed by atoms with Gasteiger partial charge in [-0.1, -0.05) is 0 Å². The van der Waals surface area contributed by atoms with E-state index in [1.807, 2.05) is 13.8 Å². The summed E-state index contributed by atoms with van der Waals surface area (Å²) in [6.07, 6.45) is 2.65. The Kier molecular flexibility index (Phi) is 3.54. The Morgan fingerprint density at radius 2 is 2.00 bits per heavy atom. The number of hydrogen-bond donors (Lipinski definition) is 0. The molecule has 0 aromatic rings. The molecule has 0 amide bonds. The van der Waals surface area contributed by atoms with Crippen LogP contribution in [0.1, 0.15) is 26.7 Å². The van der Waals surface area contributed by atoms with Crippen molar-refractivity contribution in [2.45, 2.75) is 50.8 Å². The maximum Gasteiger partial charge on any atom is 0.163 e. The molecule has 0 aromatic heterocycles. The summed E-state index contributed by atoms with van der Waals surface area (Å²) in [6, 6.07) is 0. The number of hydrogen-bond acceptors (Lipinski definition) is 4. The van der Waals surface area contributed by atoms with E-state index in [0.29, 0.717) is 12.5 Å². The third-order valence-corrected chi connectivity index (χ3v) is 3.54. The van der Waals surface area contributed by atoms with Gasteiger partial charge in [0.05, 0.1) is 24.9 Å². The van der Waals surface area contributed by atoms with Gasteiger partial charge in [-0.25, -0.2) is 0 Å². The molecule has 1 aliphatic heterocycles. The predicted molar refractivity (Wildman–Crippen MR) is 59.2 cm³/mol. The molecule has 16 heavy (non-hydrogen) atoms. The van der Waals surface area contributed by atoms with E-state index in [4.69, 9.17) is 18.9 Å². The molecule has 0 spiro atoms. The molecule has 0 bridgehead atoms. The normalized spacial score (nSPS) is 38.6. The number of fused-ring (bicyclic) bond motifs is 1. The van der Waals surface area contributed by atoms with Gasteiger partial charge in [0.15, 0.2) is 5.79 Å². The minimum Gasteiger partial charge on any atom is -0.382 e. The van der Waals surface area contributed by atoms with Crippen LogP contribution in [-0.4, -0.2) is 44.9 Å². The van der Waals surface area contributed by atoms with Gasteiger partial charge in [0.1, 0.15) is 0 Å². The fourth-order valence-corrected chi connectivity index (χ4v) is 2.90. The number of methoxy groups -OCH3 is 2. The number of rotatable bonds is 4. The minimum absolute atomic E-state index is 0.109. The summed E-state index contributed by atoms with van der Waals surface area (Å²) in [5.74, 6) is -0.0592. The summed E-state index contributed by atoms with van der Waals surface area (Å²) >= 11 is 0. The van der Waals surface area contributed by atoms with Crippen molar-refractivity contribution in [1.82, 2.24) is 0 Å². The second-order valence-corrected chi connectivity index (χ2v) is 5.11. The fraction of sp³-hybridized carbons (Fsp3) is 1.00. The van der Waals surface area contributed by atoms with Crippen LogP contribution in [0.25, 0.3) is 0 Å². The average Bonchev–Trinajstić information content (AvgIpc) is 2.70. The van der Waals surface area contributed by atoms with E-state index in [9.17, 15) is 0 Å². The Morgan fingerprint density at radius 3 is 2.62 bits per heavy atom. The summed E-state index contributed by atoms with van der Waals surface area (Å²) in [7, 11) is 3.44. The van der Waals surface area contributed by atoms with Crippen LogP contribution in [-0.2, 0) is 18.9 Å². The Bertz CT molecular complexity index is 241. The first-order valence-electron chi connectivity index (χ1n) is 5.95. The van der Waals surface area contributed by atoms with Gasteiger partial charge in [-0.2, -0.15) is 0 Å². The highest BCUT2D eigenvalue weighted by Gasteiger charge is 2.51. The summed E-state index contributed by atoms with van der Waals surface area (Å²) in [6.45, 7) is 4.56. The molecule has 2 fully saturated rings. The molecule has 1 heterocycles. The van der Waals surface area contributed by atoms with Crippen LogP contribution in [0.4, 0.5) is 0 Å². The molecule has 0 aromatic carbocycles. The van der Waals surface area contributed by atoms with Gasteiger partial charge in [-0.05, 0) is 26.7 Å². The van der Waals surface area contributed by atoms with Gasteiger partial charge in [-0.3, -0.25) is 0 Å². The van der Waals surface area contributed by atoms with Crippen LogP contribution in [0, 0.1) is 5.92 Å². The lowest BCUT2D eigenvalue weighted by molar-refractivity contribution is -0.163. The fourth-order valence-electron chi connectivity index (χ4n) is 2.90. The molecule has 2 aliphatic rings. The molecule has 1 saturated carbocycles. The molecule has 3 unspecified atom stereocenters. The van der Waals surface area contributed by atoms with Crippen molar-refractivity contribution in [2.75, 3.05) is 20.8 Å².